The Morgan fingerprint density at radius 3 is 2.36 bits per heavy atom. The van der Waals surface area contributed by atoms with E-state index in [2.05, 4.69) is 42.8 Å². The van der Waals surface area contributed by atoms with Crippen LogP contribution >= 0.6 is 31.9 Å². The van der Waals surface area contributed by atoms with Gasteiger partial charge in [0, 0.05) is 60.8 Å². The van der Waals surface area contributed by atoms with E-state index in [9.17, 15) is 14.7 Å². The van der Waals surface area contributed by atoms with Crippen molar-refractivity contribution in [3.05, 3.63) is 55.7 Å². The lowest BCUT2D eigenvalue weighted by Gasteiger charge is -2.40. The van der Waals surface area contributed by atoms with Crippen molar-refractivity contribution in [2.24, 2.45) is 11.7 Å². The van der Waals surface area contributed by atoms with E-state index < -0.39 is 0 Å². The summed E-state index contributed by atoms with van der Waals surface area (Å²) >= 11 is 7.30. The van der Waals surface area contributed by atoms with Crippen molar-refractivity contribution < 1.29 is 14.7 Å². The first kappa shape index (κ1) is 25.5. The molecule has 3 aliphatic rings. The summed E-state index contributed by atoms with van der Waals surface area (Å²) in [5.41, 5.74) is 9.92. The number of carbonyl (C=O) groups is 2. The zero-order valence-electron chi connectivity index (χ0n) is 20.1. The molecule has 0 spiro atoms. The number of aromatic nitrogens is 1. The number of nitrogens with two attached hydrogens (primary N) is 1. The Kier molecular flexibility index (Phi) is 7.55. The van der Waals surface area contributed by atoms with Crippen LogP contribution in [0.5, 0.6) is 5.75 Å². The fourth-order valence-corrected chi connectivity index (χ4v) is 6.92. The molecule has 1 aliphatic carbocycles. The SMILES string of the molecule is NC(=O)N1CCC(CC(=O)N2CCN([C@H]3c4ncc(Br)cc4CCc4cc(O)cc(Br)c43)CC2)CC1. The van der Waals surface area contributed by atoms with Gasteiger partial charge >= 0.3 is 6.03 Å². The number of pyridine rings is 1. The molecule has 2 saturated heterocycles. The maximum absolute atomic E-state index is 13.1. The molecule has 2 aromatic rings. The van der Waals surface area contributed by atoms with Crippen LogP contribution < -0.4 is 5.73 Å². The number of phenols is 1. The number of hydrogen-bond acceptors (Lipinski definition) is 5. The Labute approximate surface area is 228 Å². The number of benzene rings is 1. The Morgan fingerprint density at radius 1 is 0.972 bits per heavy atom. The summed E-state index contributed by atoms with van der Waals surface area (Å²) in [7, 11) is 0. The third-order valence-corrected chi connectivity index (χ3v) is 8.88. The third kappa shape index (κ3) is 5.26. The normalized spacial score (nSPS) is 21.0. The number of fused-ring (bicyclic) bond motifs is 2. The molecule has 8 nitrogen and oxygen atoms in total. The van der Waals surface area contributed by atoms with Gasteiger partial charge in [0.05, 0.1) is 11.7 Å². The molecule has 0 radical (unpaired) electrons. The highest BCUT2D eigenvalue weighted by molar-refractivity contribution is 9.10. The molecule has 0 saturated carbocycles. The predicted molar refractivity (Wildman–Crippen MR) is 144 cm³/mol. The van der Waals surface area contributed by atoms with Crippen molar-refractivity contribution in [3.63, 3.8) is 0 Å². The number of aryl methyl sites for hydroxylation is 2. The number of aromatic hydroxyl groups is 1. The van der Waals surface area contributed by atoms with Gasteiger partial charge in [-0.1, -0.05) is 15.9 Å². The Bertz CT molecular complexity index is 1160. The molecule has 3 amide bonds. The zero-order valence-corrected chi connectivity index (χ0v) is 23.3. The molecule has 192 valence electrons. The first-order valence-corrected chi connectivity index (χ1v) is 14.1. The van der Waals surface area contributed by atoms with Gasteiger partial charge in [0.2, 0.25) is 5.91 Å². The molecule has 1 aromatic carbocycles. The van der Waals surface area contributed by atoms with E-state index in [-0.39, 0.29) is 23.7 Å². The van der Waals surface area contributed by atoms with Gasteiger partial charge < -0.3 is 20.6 Å². The van der Waals surface area contributed by atoms with Crippen molar-refractivity contribution in [2.75, 3.05) is 39.3 Å². The largest absolute Gasteiger partial charge is 0.508 e. The summed E-state index contributed by atoms with van der Waals surface area (Å²) in [6.45, 7) is 4.11. The number of piperidine rings is 1. The summed E-state index contributed by atoms with van der Waals surface area (Å²) in [5.74, 6) is 0.761. The minimum Gasteiger partial charge on any atom is -0.508 e. The summed E-state index contributed by atoms with van der Waals surface area (Å²) in [6.07, 6.45) is 5.72. The minimum atomic E-state index is -0.374. The molecular weight excluding hydrogens is 590 g/mol. The molecule has 5 rings (SSSR count). The van der Waals surface area contributed by atoms with Gasteiger partial charge in [-0.2, -0.15) is 0 Å². The Morgan fingerprint density at radius 2 is 1.67 bits per heavy atom. The van der Waals surface area contributed by atoms with Gasteiger partial charge in [-0.15, -0.1) is 0 Å². The molecule has 2 fully saturated rings. The van der Waals surface area contributed by atoms with E-state index >= 15 is 0 Å². The van der Waals surface area contributed by atoms with Crippen molar-refractivity contribution >= 4 is 43.8 Å². The fourth-order valence-electron chi connectivity index (χ4n) is 5.83. The Balaban J connectivity index is 1.31. The molecular formula is C26H31Br2N5O3. The first-order valence-electron chi connectivity index (χ1n) is 12.5. The van der Waals surface area contributed by atoms with Crippen molar-refractivity contribution in [3.8, 4) is 5.75 Å². The maximum atomic E-state index is 13.1. The lowest BCUT2D eigenvalue weighted by Crippen LogP contribution is -2.50. The maximum Gasteiger partial charge on any atom is 0.314 e. The van der Waals surface area contributed by atoms with Crippen LogP contribution in [0.15, 0.2) is 33.3 Å². The number of nitrogens with zero attached hydrogens (tertiary/aromatic N) is 4. The van der Waals surface area contributed by atoms with Crippen LogP contribution in [-0.2, 0) is 17.6 Å². The second-order valence-electron chi connectivity index (χ2n) is 9.99. The smallest absolute Gasteiger partial charge is 0.314 e. The summed E-state index contributed by atoms with van der Waals surface area (Å²) in [4.78, 5) is 35.4. The molecule has 1 atom stereocenters. The molecule has 0 unspecified atom stereocenters. The third-order valence-electron chi connectivity index (χ3n) is 7.79. The molecule has 1 aromatic heterocycles. The standard InChI is InChI=1S/C26H31Br2N5O3/c27-19-12-18-2-1-17-13-20(34)14-21(28)23(17)25(24(18)30-15-19)32-9-7-31(8-10-32)22(35)11-16-3-5-33(6-4-16)26(29)36/h12-16,25,34H,1-11H2,(H2,29,36)/t25-/m1/s1. The average Bonchev–Trinajstić information content (AvgIpc) is 3.01. The van der Waals surface area contributed by atoms with Crippen LogP contribution in [0.1, 0.15) is 47.7 Å². The van der Waals surface area contributed by atoms with Gasteiger partial charge in [-0.3, -0.25) is 14.7 Å². The monoisotopic (exact) mass is 619 g/mol. The van der Waals surface area contributed by atoms with Crippen molar-refractivity contribution in [1.29, 1.82) is 0 Å². The quantitative estimate of drug-likeness (QED) is 0.543. The number of phenolic OH excluding ortho intramolecular Hbond substituents is 1. The lowest BCUT2D eigenvalue weighted by molar-refractivity contribution is -0.134. The number of rotatable bonds is 3. The first-order chi connectivity index (χ1) is 17.3. The van der Waals surface area contributed by atoms with Crippen LogP contribution in [0.3, 0.4) is 0 Å². The summed E-state index contributed by atoms with van der Waals surface area (Å²) in [5, 5.41) is 10.3. The highest BCUT2D eigenvalue weighted by Crippen LogP contribution is 2.42. The van der Waals surface area contributed by atoms with E-state index in [1.165, 1.54) is 5.56 Å². The number of likely N-dealkylation sites (tertiary alicyclic amines) is 1. The van der Waals surface area contributed by atoms with Gasteiger partial charge in [-0.25, -0.2) is 4.79 Å². The fraction of sp³-hybridized carbons (Fsp3) is 0.500. The van der Waals surface area contributed by atoms with Crippen LogP contribution in [0.25, 0.3) is 0 Å². The number of carbonyl (C=O) groups excluding carboxylic acids is 2. The van der Waals surface area contributed by atoms with Crippen molar-refractivity contribution in [2.45, 2.75) is 38.1 Å². The summed E-state index contributed by atoms with van der Waals surface area (Å²) in [6, 6.07) is 5.37. The number of primary amides is 1. The summed E-state index contributed by atoms with van der Waals surface area (Å²) < 4.78 is 1.85. The second-order valence-corrected chi connectivity index (χ2v) is 11.8. The minimum absolute atomic E-state index is 0.0454. The van der Waals surface area contributed by atoms with Crippen LogP contribution in [0.4, 0.5) is 4.79 Å². The van der Waals surface area contributed by atoms with Gasteiger partial charge in [0.1, 0.15) is 5.75 Å². The van der Waals surface area contributed by atoms with Crippen LogP contribution in [-0.4, -0.2) is 76.0 Å². The predicted octanol–water partition coefficient (Wildman–Crippen LogP) is 3.83. The number of halogens is 2. The van der Waals surface area contributed by atoms with E-state index in [4.69, 9.17) is 10.7 Å². The molecule has 0 bridgehead atoms. The number of urea groups is 1. The second kappa shape index (κ2) is 10.7. The Hall–Kier alpha value is -2.17. The highest BCUT2D eigenvalue weighted by Gasteiger charge is 2.35. The van der Waals surface area contributed by atoms with E-state index in [1.807, 2.05) is 17.2 Å². The molecule has 10 heteroatoms. The molecule has 2 aliphatic heterocycles. The van der Waals surface area contributed by atoms with Gasteiger partial charge in [0.15, 0.2) is 0 Å². The number of hydrogen-bond donors (Lipinski definition) is 2. The lowest BCUT2D eigenvalue weighted by atomic mass is 9.93. The van der Waals surface area contributed by atoms with Gasteiger partial charge in [0.25, 0.3) is 0 Å². The van der Waals surface area contributed by atoms with Crippen LogP contribution in [0.2, 0.25) is 0 Å². The van der Waals surface area contributed by atoms with Crippen molar-refractivity contribution in [1.82, 2.24) is 19.7 Å². The van der Waals surface area contributed by atoms with Crippen LogP contribution in [0, 0.1) is 5.92 Å². The van der Waals surface area contributed by atoms with E-state index in [0.29, 0.717) is 38.5 Å². The molecule has 3 heterocycles. The highest BCUT2D eigenvalue weighted by atomic mass is 79.9. The topological polar surface area (TPSA) is 103 Å². The molecule has 3 N–H and O–H groups in total. The zero-order chi connectivity index (χ0) is 25.4. The molecule has 36 heavy (non-hydrogen) atoms. The number of amides is 3. The number of piperazine rings is 1. The average molecular weight is 621 g/mol. The van der Waals surface area contributed by atoms with E-state index in [0.717, 1.165) is 64.5 Å². The van der Waals surface area contributed by atoms with E-state index in [1.54, 1.807) is 11.0 Å². The van der Waals surface area contributed by atoms with Gasteiger partial charge in [-0.05, 0) is 82.4 Å².